The smallest absolute Gasteiger partial charge is 0.242 e. The van der Waals surface area contributed by atoms with Gasteiger partial charge >= 0.3 is 0 Å². The molecule has 1 aliphatic rings. The van der Waals surface area contributed by atoms with Crippen molar-refractivity contribution >= 4 is 43.5 Å². The minimum absolute atomic E-state index is 0.0805. The molecule has 0 spiro atoms. The van der Waals surface area contributed by atoms with E-state index < -0.39 is 16.1 Å². The van der Waals surface area contributed by atoms with E-state index in [0.29, 0.717) is 23.7 Å². The average Bonchev–Trinajstić information content (AvgIpc) is 3.32. The lowest BCUT2D eigenvalue weighted by Gasteiger charge is -2.29. The number of nitrogens with one attached hydrogen (secondary N) is 1. The highest BCUT2D eigenvalue weighted by molar-refractivity contribution is 9.10. The van der Waals surface area contributed by atoms with Gasteiger partial charge < -0.3 is 19.7 Å². The van der Waals surface area contributed by atoms with Gasteiger partial charge in [-0.25, -0.2) is 8.42 Å². The molecule has 2 amide bonds. The van der Waals surface area contributed by atoms with E-state index in [2.05, 4.69) is 21.2 Å². The summed E-state index contributed by atoms with van der Waals surface area (Å²) >= 11 is 3.45. The van der Waals surface area contributed by atoms with Crippen molar-refractivity contribution in [3.8, 4) is 11.5 Å². The third-order valence-corrected chi connectivity index (χ3v) is 7.72. The molecule has 1 atom stereocenters. The third-order valence-electron chi connectivity index (χ3n) is 6.04. The summed E-state index contributed by atoms with van der Waals surface area (Å²) in [5.74, 6) is 0.597. The first kappa shape index (κ1) is 28.8. The summed E-state index contributed by atoms with van der Waals surface area (Å²) in [6.45, 7) is 4.76. The molecule has 0 aromatic heterocycles. The Labute approximate surface area is 227 Å². The summed E-state index contributed by atoms with van der Waals surface area (Å²) in [5.41, 5.74) is 1.32. The summed E-state index contributed by atoms with van der Waals surface area (Å²) in [7, 11) is -3.61. The van der Waals surface area contributed by atoms with Crippen molar-refractivity contribution in [2.75, 3.05) is 30.4 Å². The minimum Gasteiger partial charge on any atom is -0.454 e. The maximum Gasteiger partial charge on any atom is 0.242 e. The predicted molar refractivity (Wildman–Crippen MR) is 146 cm³/mol. The van der Waals surface area contributed by atoms with Crippen LogP contribution in [0.3, 0.4) is 0 Å². The summed E-state index contributed by atoms with van der Waals surface area (Å²) in [5, 5.41) is 2.90. The Kier molecular flexibility index (Phi) is 10.2. The standard InChI is InChI=1S/C26H34BrN3O6S/c1-4-5-13-28-26(32)19(2)29(17-20-8-6-9-21(27)15-20)25(31)10-7-14-30(37(3,33)34)22-11-12-23-24(16-22)36-18-35-23/h6,8-9,11-12,15-16,19H,4-5,7,10,13-14,17-18H2,1-3H3,(H,28,32)/t19-/m0/s1. The maximum absolute atomic E-state index is 13.4. The van der Waals surface area contributed by atoms with Gasteiger partial charge in [-0.1, -0.05) is 41.4 Å². The maximum atomic E-state index is 13.4. The average molecular weight is 597 g/mol. The molecule has 2 aromatic carbocycles. The van der Waals surface area contributed by atoms with Crippen LogP contribution in [0.4, 0.5) is 5.69 Å². The van der Waals surface area contributed by atoms with Crippen LogP contribution in [0, 0.1) is 0 Å². The van der Waals surface area contributed by atoms with Gasteiger partial charge in [-0.2, -0.15) is 0 Å². The number of rotatable bonds is 13. The molecule has 3 rings (SSSR count). The van der Waals surface area contributed by atoms with Crippen LogP contribution in [0.5, 0.6) is 11.5 Å². The number of hydrogen-bond acceptors (Lipinski definition) is 6. The molecule has 37 heavy (non-hydrogen) atoms. The zero-order valence-electron chi connectivity index (χ0n) is 21.4. The molecule has 1 N–H and O–H groups in total. The van der Waals surface area contributed by atoms with Crippen molar-refractivity contribution in [2.45, 2.75) is 52.1 Å². The topological polar surface area (TPSA) is 105 Å². The van der Waals surface area contributed by atoms with Crippen molar-refractivity contribution in [3.63, 3.8) is 0 Å². The molecule has 0 saturated carbocycles. The van der Waals surface area contributed by atoms with Crippen LogP contribution in [-0.4, -0.2) is 57.3 Å². The van der Waals surface area contributed by atoms with E-state index in [4.69, 9.17) is 9.47 Å². The molecule has 0 aliphatic carbocycles. The van der Waals surface area contributed by atoms with Gasteiger partial charge in [0.1, 0.15) is 6.04 Å². The van der Waals surface area contributed by atoms with Crippen LogP contribution >= 0.6 is 15.9 Å². The lowest BCUT2D eigenvalue weighted by Crippen LogP contribution is -2.48. The van der Waals surface area contributed by atoms with Crippen LogP contribution in [0.15, 0.2) is 46.9 Å². The molecular formula is C26H34BrN3O6S. The Morgan fingerprint density at radius 3 is 2.57 bits per heavy atom. The molecule has 0 bridgehead atoms. The lowest BCUT2D eigenvalue weighted by atomic mass is 10.1. The zero-order valence-corrected chi connectivity index (χ0v) is 23.8. The quantitative estimate of drug-likeness (QED) is 0.350. The number of benzene rings is 2. The molecule has 202 valence electrons. The largest absolute Gasteiger partial charge is 0.454 e. The lowest BCUT2D eigenvalue weighted by molar-refractivity contribution is -0.140. The van der Waals surface area contributed by atoms with Gasteiger partial charge in [0, 0.05) is 36.6 Å². The molecule has 1 heterocycles. The van der Waals surface area contributed by atoms with Crippen LogP contribution in [0.25, 0.3) is 0 Å². The van der Waals surface area contributed by atoms with Gasteiger partial charge in [0.25, 0.3) is 0 Å². The van der Waals surface area contributed by atoms with Crippen LogP contribution < -0.4 is 19.1 Å². The Morgan fingerprint density at radius 2 is 1.86 bits per heavy atom. The van der Waals surface area contributed by atoms with Crippen molar-refractivity contribution in [1.29, 1.82) is 0 Å². The second-order valence-electron chi connectivity index (χ2n) is 8.95. The first-order valence-electron chi connectivity index (χ1n) is 12.3. The molecule has 0 unspecified atom stereocenters. The first-order chi connectivity index (χ1) is 17.6. The highest BCUT2D eigenvalue weighted by Crippen LogP contribution is 2.36. The van der Waals surface area contributed by atoms with E-state index in [0.717, 1.165) is 29.1 Å². The molecule has 2 aromatic rings. The van der Waals surface area contributed by atoms with E-state index >= 15 is 0 Å². The van der Waals surface area contributed by atoms with Crippen LogP contribution in [0.1, 0.15) is 45.1 Å². The molecule has 0 radical (unpaired) electrons. The molecule has 1 aliphatic heterocycles. The van der Waals surface area contributed by atoms with Gasteiger partial charge in [0.05, 0.1) is 11.9 Å². The number of hydrogen-bond donors (Lipinski definition) is 1. The van der Waals surface area contributed by atoms with Crippen molar-refractivity contribution < 1.29 is 27.5 Å². The molecule has 11 heteroatoms. The summed E-state index contributed by atoms with van der Waals surface area (Å²) in [4.78, 5) is 27.7. The van der Waals surface area contributed by atoms with Crippen molar-refractivity contribution in [3.05, 3.63) is 52.5 Å². The highest BCUT2D eigenvalue weighted by Gasteiger charge is 2.27. The van der Waals surface area contributed by atoms with Gasteiger partial charge in [-0.15, -0.1) is 0 Å². The number of fused-ring (bicyclic) bond motifs is 1. The van der Waals surface area contributed by atoms with E-state index in [1.165, 1.54) is 4.31 Å². The number of nitrogens with zero attached hydrogens (tertiary/aromatic N) is 2. The predicted octanol–water partition coefficient (Wildman–Crippen LogP) is 4.06. The van der Waals surface area contributed by atoms with E-state index in [1.54, 1.807) is 30.0 Å². The third kappa shape index (κ3) is 8.10. The van der Waals surface area contributed by atoms with Crippen molar-refractivity contribution in [1.82, 2.24) is 10.2 Å². The van der Waals surface area contributed by atoms with E-state index in [-0.39, 0.29) is 44.5 Å². The number of ether oxygens (including phenoxy) is 2. The van der Waals surface area contributed by atoms with Gasteiger partial charge in [0.15, 0.2) is 11.5 Å². The van der Waals surface area contributed by atoms with Gasteiger partial charge in [0.2, 0.25) is 28.6 Å². The Balaban J connectivity index is 1.71. The molecule has 0 saturated heterocycles. The summed E-state index contributed by atoms with van der Waals surface area (Å²) < 4.78 is 37.9. The highest BCUT2D eigenvalue weighted by atomic mass is 79.9. The number of carbonyl (C=O) groups excluding carboxylic acids is 2. The number of sulfonamides is 1. The number of halogens is 1. The van der Waals surface area contributed by atoms with Gasteiger partial charge in [-0.05, 0) is 49.6 Å². The fraction of sp³-hybridized carbons (Fsp3) is 0.462. The Morgan fingerprint density at radius 1 is 1.11 bits per heavy atom. The van der Waals surface area contributed by atoms with Crippen LogP contribution in [0.2, 0.25) is 0 Å². The zero-order chi connectivity index (χ0) is 27.0. The summed E-state index contributed by atoms with van der Waals surface area (Å²) in [6.07, 6.45) is 3.30. The fourth-order valence-corrected chi connectivity index (χ4v) is 5.40. The number of anilines is 1. The number of amides is 2. The fourth-order valence-electron chi connectivity index (χ4n) is 3.99. The SMILES string of the molecule is CCCCNC(=O)[C@H](C)N(Cc1cccc(Br)c1)C(=O)CCCN(c1ccc2c(c1)OCO2)S(C)(=O)=O. The summed E-state index contributed by atoms with van der Waals surface area (Å²) in [6, 6.07) is 11.8. The number of carbonyl (C=O) groups is 2. The molecule has 0 fully saturated rings. The Bertz CT molecular complexity index is 1210. The second kappa shape index (κ2) is 13.1. The van der Waals surface area contributed by atoms with E-state index in [9.17, 15) is 18.0 Å². The monoisotopic (exact) mass is 595 g/mol. The van der Waals surface area contributed by atoms with Crippen molar-refractivity contribution in [2.24, 2.45) is 0 Å². The second-order valence-corrected chi connectivity index (χ2v) is 11.8. The molecular weight excluding hydrogens is 562 g/mol. The normalized spacial score (nSPS) is 13.2. The molecule has 9 nitrogen and oxygen atoms in total. The van der Waals surface area contributed by atoms with Crippen LogP contribution in [-0.2, 0) is 26.2 Å². The Hall–Kier alpha value is -2.79. The minimum atomic E-state index is -3.61. The first-order valence-corrected chi connectivity index (χ1v) is 14.9. The van der Waals surface area contributed by atoms with Gasteiger partial charge in [-0.3, -0.25) is 13.9 Å². The number of unbranched alkanes of at least 4 members (excludes halogenated alkanes) is 1. The van der Waals surface area contributed by atoms with E-state index in [1.807, 2.05) is 31.2 Å².